The van der Waals surface area contributed by atoms with Crippen molar-refractivity contribution in [3.8, 4) is 11.3 Å². The Kier molecular flexibility index (Phi) is 6.30. The zero-order valence-electron chi connectivity index (χ0n) is 14.4. The molecule has 0 aliphatic rings. The van der Waals surface area contributed by atoms with Crippen molar-refractivity contribution >= 4 is 40.8 Å². The third-order valence-electron chi connectivity index (χ3n) is 3.72. The van der Waals surface area contributed by atoms with Crippen molar-refractivity contribution in [2.24, 2.45) is 0 Å². The van der Waals surface area contributed by atoms with Crippen LogP contribution in [0.1, 0.15) is 16.2 Å². The van der Waals surface area contributed by atoms with Gasteiger partial charge >= 0.3 is 5.97 Å². The van der Waals surface area contributed by atoms with E-state index in [-0.39, 0.29) is 17.9 Å². The molecule has 0 unspecified atom stereocenters. The Hall–Kier alpha value is -2.87. The van der Waals surface area contributed by atoms with Gasteiger partial charge in [0, 0.05) is 16.8 Å². The van der Waals surface area contributed by atoms with E-state index in [0.29, 0.717) is 33.7 Å². The molecule has 2 heterocycles. The van der Waals surface area contributed by atoms with Crippen LogP contribution in [0.25, 0.3) is 11.3 Å². The first-order valence-corrected chi connectivity index (χ1v) is 8.92. The van der Waals surface area contributed by atoms with E-state index in [0.717, 1.165) is 0 Å². The summed E-state index contributed by atoms with van der Waals surface area (Å²) >= 11 is 12.2. The highest BCUT2D eigenvalue weighted by atomic mass is 35.5. The topological polar surface area (TPSA) is 104 Å². The molecule has 0 saturated carbocycles. The Bertz CT molecular complexity index is 1020. The number of carbonyl (C=O) groups excluding carboxylic acids is 1. The van der Waals surface area contributed by atoms with Crippen molar-refractivity contribution in [3.63, 3.8) is 0 Å². The number of hydrogen-bond acceptors (Lipinski definition) is 5. The summed E-state index contributed by atoms with van der Waals surface area (Å²) in [7, 11) is 0. The molecular formula is C19H15Cl2N3O4. The Morgan fingerprint density at radius 2 is 1.96 bits per heavy atom. The highest BCUT2D eigenvalue weighted by Crippen LogP contribution is 2.31. The third kappa shape index (κ3) is 4.89. The number of furan rings is 1. The predicted octanol–water partition coefficient (Wildman–Crippen LogP) is 4.07. The number of amides is 1. The smallest absolute Gasteiger partial charge is 0.356 e. The molecule has 0 radical (unpaired) electrons. The van der Waals surface area contributed by atoms with Gasteiger partial charge in [0.2, 0.25) is 5.91 Å². The Labute approximate surface area is 170 Å². The van der Waals surface area contributed by atoms with Crippen LogP contribution in [0.2, 0.25) is 10.0 Å². The molecule has 0 bridgehead atoms. The molecule has 0 aliphatic carbocycles. The van der Waals surface area contributed by atoms with Crippen molar-refractivity contribution in [3.05, 3.63) is 70.2 Å². The number of benzene rings is 1. The largest absolute Gasteiger partial charge is 0.476 e. The Balaban J connectivity index is 1.56. The maximum Gasteiger partial charge on any atom is 0.356 e. The van der Waals surface area contributed by atoms with Crippen LogP contribution in [0, 0.1) is 0 Å². The second-order valence-corrected chi connectivity index (χ2v) is 6.59. The number of anilines is 1. The summed E-state index contributed by atoms with van der Waals surface area (Å²) < 4.78 is 5.73. The van der Waals surface area contributed by atoms with Crippen molar-refractivity contribution in [1.82, 2.24) is 10.3 Å². The summed E-state index contributed by atoms with van der Waals surface area (Å²) in [6.45, 7) is 0.256. The van der Waals surface area contributed by atoms with Crippen molar-refractivity contribution in [1.29, 1.82) is 0 Å². The minimum atomic E-state index is -1.22. The van der Waals surface area contributed by atoms with E-state index < -0.39 is 11.9 Å². The van der Waals surface area contributed by atoms with Gasteiger partial charge in [0.1, 0.15) is 11.5 Å². The lowest BCUT2D eigenvalue weighted by Crippen LogP contribution is -2.28. The highest BCUT2D eigenvalue weighted by Gasteiger charge is 2.14. The van der Waals surface area contributed by atoms with Crippen LogP contribution in [0.5, 0.6) is 0 Å². The summed E-state index contributed by atoms with van der Waals surface area (Å²) in [4.78, 5) is 26.9. The molecule has 2 aromatic heterocycles. The second-order valence-electron chi connectivity index (χ2n) is 5.75. The van der Waals surface area contributed by atoms with E-state index in [2.05, 4.69) is 15.6 Å². The minimum Gasteiger partial charge on any atom is -0.476 e. The molecule has 7 nitrogen and oxygen atoms in total. The molecule has 9 heteroatoms. The number of rotatable bonds is 7. The summed E-state index contributed by atoms with van der Waals surface area (Å²) in [5.41, 5.74) is 0.596. The van der Waals surface area contributed by atoms with Crippen molar-refractivity contribution in [2.45, 2.75) is 6.54 Å². The number of pyridine rings is 1. The van der Waals surface area contributed by atoms with Crippen LogP contribution in [0.15, 0.2) is 53.1 Å². The van der Waals surface area contributed by atoms with E-state index in [4.69, 9.17) is 32.7 Å². The molecule has 28 heavy (non-hydrogen) atoms. The van der Waals surface area contributed by atoms with Crippen LogP contribution in [0.4, 0.5) is 5.69 Å². The first-order chi connectivity index (χ1) is 13.4. The zero-order chi connectivity index (χ0) is 20.1. The lowest BCUT2D eigenvalue weighted by Gasteiger charge is -2.08. The van der Waals surface area contributed by atoms with E-state index in [1.54, 1.807) is 36.4 Å². The molecule has 0 fully saturated rings. The van der Waals surface area contributed by atoms with Gasteiger partial charge in [-0.1, -0.05) is 23.2 Å². The van der Waals surface area contributed by atoms with Gasteiger partial charge < -0.3 is 20.2 Å². The third-order valence-corrected chi connectivity index (χ3v) is 4.29. The molecule has 1 amide bonds. The average molecular weight is 420 g/mol. The lowest BCUT2D eigenvalue weighted by molar-refractivity contribution is -0.115. The molecule has 144 valence electrons. The summed E-state index contributed by atoms with van der Waals surface area (Å²) in [5.74, 6) is -0.450. The van der Waals surface area contributed by atoms with Crippen LogP contribution < -0.4 is 10.6 Å². The summed E-state index contributed by atoms with van der Waals surface area (Å²) in [6.07, 6.45) is 1.35. The quantitative estimate of drug-likeness (QED) is 0.532. The summed E-state index contributed by atoms with van der Waals surface area (Å²) in [6, 6.07) is 11.6. The van der Waals surface area contributed by atoms with Gasteiger partial charge in [0.05, 0.1) is 23.8 Å². The van der Waals surface area contributed by atoms with Gasteiger partial charge in [0.15, 0.2) is 5.69 Å². The van der Waals surface area contributed by atoms with Gasteiger partial charge in [-0.05, 0) is 42.5 Å². The minimum absolute atomic E-state index is 0.0398. The monoisotopic (exact) mass is 419 g/mol. The molecule has 3 rings (SSSR count). The fourth-order valence-corrected chi connectivity index (χ4v) is 2.86. The van der Waals surface area contributed by atoms with E-state index >= 15 is 0 Å². The van der Waals surface area contributed by atoms with Crippen LogP contribution >= 0.6 is 23.2 Å². The van der Waals surface area contributed by atoms with E-state index in [9.17, 15) is 9.59 Å². The second kappa shape index (κ2) is 8.88. The van der Waals surface area contributed by atoms with Gasteiger partial charge in [0.25, 0.3) is 0 Å². The standard InChI is InChI=1S/C19H15Cl2N3O4/c20-11-3-5-14(21)13(8-11)16-6-4-12(28-16)9-22-10-17(25)24-15-2-1-7-23-18(15)19(26)27/h1-8,22H,9-10H2,(H,24,25)(H,26,27). The van der Waals surface area contributed by atoms with Crippen LogP contribution in [-0.2, 0) is 11.3 Å². The van der Waals surface area contributed by atoms with Crippen LogP contribution in [0.3, 0.4) is 0 Å². The van der Waals surface area contributed by atoms with Crippen molar-refractivity contribution < 1.29 is 19.1 Å². The zero-order valence-corrected chi connectivity index (χ0v) is 15.9. The number of aromatic carboxylic acids is 1. The fraction of sp³-hybridized carbons (Fsp3) is 0.105. The average Bonchev–Trinajstić information content (AvgIpc) is 3.12. The molecule has 0 atom stereocenters. The number of nitrogens with one attached hydrogen (secondary N) is 2. The molecule has 0 saturated heterocycles. The molecular weight excluding hydrogens is 405 g/mol. The SMILES string of the molecule is O=C(CNCc1ccc(-c2cc(Cl)ccc2Cl)o1)Nc1cccnc1C(=O)O. The molecule has 3 N–H and O–H groups in total. The van der Waals surface area contributed by atoms with E-state index in [1.807, 2.05) is 0 Å². The van der Waals surface area contributed by atoms with Gasteiger partial charge in [-0.2, -0.15) is 0 Å². The molecule has 0 aliphatic heterocycles. The number of nitrogens with zero attached hydrogens (tertiary/aromatic N) is 1. The first-order valence-electron chi connectivity index (χ1n) is 8.17. The molecule has 1 aromatic carbocycles. The number of carbonyl (C=O) groups is 2. The molecule has 3 aromatic rings. The summed E-state index contributed by atoms with van der Waals surface area (Å²) in [5, 5.41) is 15.6. The maximum absolute atomic E-state index is 12.0. The van der Waals surface area contributed by atoms with Crippen molar-refractivity contribution in [2.75, 3.05) is 11.9 Å². The molecule has 0 spiro atoms. The van der Waals surface area contributed by atoms with Gasteiger partial charge in [-0.25, -0.2) is 9.78 Å². The number of carboxylic acid groups (broad SMARTS) is 1. The number of hydrogen-bond donors (Lipinski definition) is 3. The number of halogens is 2. The maximum atomic E-state index is 12.0. The predicted molar refractivity (Wildman–Crippen MR) is 106 cm³/mol. The van der Waals surface area contributed by atoms with Crippen LogP contribution in [-0.4, -0.2) is 28.5 Å². The first kappa shape index (κ1) is 19.9. The van der Waals surface area contributed by atoms with Gasteiger partial charge in [-0.3, -0.25) is 4.79 Å². The number of aromatic nitrogens is 1. The highest BCUT2D eigenvalue weighted by molar-refractivity contribution is 6.35. The Morgan fingerprint density at radius 1 is 1.14 bits per heavy atom. The van der Waals surface area contributed by atoms with Gasteiger partial charge in [-0.15, -0.1) is 0 Å². The fourth-order valence-electron chi connectivity index (χ4n) is 2.47. The number of carboxylic acids is 1. The normalized spacial score (nSPS) is 10.6. The Morgan fingerprint density at radius 3 is 2.75 bits per heavy atom. The lowest BCUT2D eigenvalue weighted by atomic mass is 10.2. The van der Waals surface area contributed by atoms with E-state index in [1.165, 1.54) is 12.3 Å².